The molecule has 0 amide bonds. The van der Waals surface area contributed by atoms with Gasteiger partial charge in [0.1, 0.15) is 5.75 Å². The van der Waals surface area contributed by atoms with Crippen molar-refractivity contribution in [2.75, 3.05) is 0 Å². The third kappa shape index (κ3) is 3.15. The van der Waals surface area contributed by atoms with Gasteiger partial charge in [0.25, 0.3) is 0 Å². The largest absolute Gasteiger partial charge is 0.478 e. The lowest BCUT2D eigenvalue weighted by molar-refractivity contribution is -0.187. The van der Waals surface area contributed by atoms with E-state index in [0.29, 0.717) is 17.0 Å². The maximum Gasteiger partial charge on any atom is 0.430 e. The minimum atomic E-state index is -4.80. The molecular formula is C14H12ClF3O3. The first kappa shape index (κ1) is 15.7. The summed E-state index contributed by atoms with van der Waals surface area (Å²) in [5.74, 6) is -1.67. The van der Waals surface area contributed by atoms with E-state index >= 15 is 0 Å². The molecule has 0 aliphatic carbocycles. The third-order valence-electron chi connectivity index (χ3n) is 3.08. The number of fused-ring (bicyclic) bond motifs is 1. The van der Waals surface area contributed by atoms with Crippen LogP contribution in [0.15, 0.2) is 17.7 Å². The number of hydrogen-bond donors (Lipinski definition) is 1. The number of hydrogen-bond acceptors (Lipinski definition) is 2. The fraction of sp³-hybridized carbons (Fsp3) is 0.357. The molecule has 1 N–H and O–H groups in total. The molecule has 0 spiro atoms. The summed E-state index contributed by atoms with van der Waals surface area (Å²) in [6.45, 7) is 1.91. The van der Waals surface area contributed by atoms with Gasteiger partial charge >= 0.3 is 12.1 Å². The van der Waals surface area contributed by atoms with Crippen LogP contribution in [0.1, 0.15) is 24.5 Å². The highest BCUT2D eigenvalue weighted by Crippen LogP contribution is 2.39. The maximum atomic E-state index is 12.9. The van der Waals surface area contributed by atoms with Gasteiger partial charge in [-0.2, -0.15) is 13.2 Å². The fourth-order valence-corrected chi connectivity index (χ4v) is 2.40. The smallest absolute Gasteiger partial charge is 0.430 e. The van der Waals surface area contributed by atoms with Crippen LogP contribution in [0.3, 0.4) is 0 Å². The zero-order valence-electron chi connectivity index (χ0n) is 11.0. The summed E-state index contributed by atoms with van der Waals surface area (Å²) in [6.07, 6.45) is -4.94. The predicted molar refractivity (Wildman–Crippen MR) is 71.5 cm³/mol. The molecule has 0 saturated heterocycles. The van der Waals surface area contributed by atoms with Crippen molar-refractivity contribution in [1.82, 2.24) is 0 Å². The second-order valence-electron chi connectivity index (χ2n) is 4.68. The second kappa shape index (κ2) is 5.60. The number of carboxylic acid groups (broad SMARTS) is 1. The van der Waals surface area contributed by atoms with Crippen LogP contribution in [-0.4, -0.2) is 23.4 Å². The van der Waals surface area contributed by atoms with Crippen LogP contribution >= 0.6 is 11.6 Å². The predicted octanol–water partition coefficient (Wildman–Crippen LogP) is 4.08. The molecule has 1 aliphatic heterocycles. The lowest BCUT2D eigenvalue weighted by atomic mass is 9.99. The highest BCUT2D eigenvalue weighted by atomic mass is 35.5. The molecule has 0 bridgehead atoms. The average molecular weight is 321 g/mol. The lowest BCUT2D eigenvalue weighted by Gasteiger charge is -2.27. The molecule has 2 rings (SSSR count). The summed E-state index contributed by atoms with van der Waals surface area (Å²) in [7, 11) is 0. The Kier molecular flexibility index (Phi) is 4.18. The summed E-state index contributed by atoms with van der Waals surface area (Å²) in [5, 5.41) is 9.30. The van der Waals surface area contributed by atoms with E-state index in [2.05, 4.69) is 0 Å². The van der Waals surface area contributed by atoms with E-state index < -0.39 is 23.8 Å². The number of ether oxygens (including phenoxy) is 1. The molecule has 0 saturated carbocycles. The number of aliphatic carboxylic acids is 1. The standard InChI is InChI=1S/C14H12ClF3O3/c1-2-3-7-6-11-8(5-10(7)15)4-9(13(19)20)12(21-11)14(16,17)18/h4-6,12H,2-3H2,1H3,(H,19,20)/t12-/m1/s1. The molecule has 3 nitrogen and oxygen atoms in total. The van der Waals surface area contributed by atoms with E-state index in [9.17, 15) is 18.0 Å². The molecule has 1 aromatic carbocycles. The van der Waals surface area contributed by atoms with Gasteiger partial charge in [0.05, 0.1) is 5.57 Å². The van der Waals surface area contributed by atoms with Gasteiger partial charge in [-0.15, -0.1) is 0 Å². The van der Waals surface area contributed by atoms with Crippen LogP contribution in [0.4, 0.5) is 13.2 Å². The Balaban J connectivity index is 2.53. The summed E-state index contributed by atoms with van der Waals surface area (Å²) >= 11 is 6.04. The zero-order valence-corrected chi connectivity index (χ0v) is 11.8. The van der Waals surface area contributed by atoms with Crippen molar-refractivity contribution >= 4 is 23.6 Å². The van der Waals surface area contributed by atoms with Crippen molar-refractivity contribution in [3.8, 4) is 5.75 Å². The van der Waals surface area contributed by atoms with Gasteiger partial charge in [-0.05, 0) is 30.2 Å². The molecule has 1 atom stereocenters. The number of rotatable bonds is 3. The Morgan fingerprint density at radius 3 is 2.62 bits per heavy atom. The molecule has 0 radical (unpaired) electrons. The molecule has 0 unspecified atom stereocenters. The first-order chi connectivity index (χ1) is 9.74. The number of halogens is 4. The fourth-order valence-electron chi connectivity index (χ4n) is 2.14. The molecule has 1 aliphatic rings. The first-order valence-electron chi connectivity index (χ1n) is 6.24. The second-order valence-corrected chi connectivity index (χ2v) is 5.08. The van der Waals surface area contributed by atoms with Gasteiger partial charge in [0, 0.05) is 10.6 Å². The van der Waals surface area contributed by atoms with Gasteiger partial charge in [0.2, 0.25) is 6.10 Å². The highest BCUT2D eigenvalue weighted by Gasteiger charge is 2.48. The van der Waals surface area contributed by atoms with Crippen molar-refractivity contribution in [3.05, 3.63) is 33.9 Å². The molecule has 114 valence electrons. The van der Waals surface area contributed by atoms with E-state index in [1.54, 1.807) is 0 Å². The van der Waals surface area contributed by atoms with Crippen LogP contribution in [0.25, 0.3) is 6.08 Å². The Morgan fingerprint density at radius 1 is 1.43 bits per heavy atom. The molecule has 0 aromatic heterocycles. The number of aryl methyl sites for hydroxylation is 1. The summed E-state index contributed by atoms with van der Waals surface area (Å²) < 4.78 is 43.6. The van der Waals surface area contributed by atoms with Gasteiger partial charge < -0.3 is 9.84 Å². The Labute approximate surface area is 124 Å². The molecule has 1 heterocycles. The van der Waals surface area contributed by atoms with E-state index in [1.165, 1.54) is 12.1 Å². The monoisotopic (exact) mass is 320 g/mol. The van der Waals surface area contributed by atoms with Crippen LogP contribution < -0.4 is 4.74 Å². The number of carboxylic acids is 1. The Bertz CT molecular complexity index is 608. The van der Waals surface area contributed by atoms with Crippen molar-refractivity contribution < 1.29 is 27.8 Å². The zero-order chi connectivity index (χ0) is 15.8. The molecule has 7 heteroatoms. The highest BCUT2D eigenvalue weighted by molar-refractivity contribution is 6.31. The number of benzene rings is 1. The SMILES string of the molecule is CCCc1cc2c(cc1Cl)C=C(C(=O)O)[C@H](C(F)(F)F)O2. The van der Waals surface area contributed by atoms with Crippen molar-refractivity contribution in [2.24, 2.45) is 0 Å². The molecular weight excluding hydrogens is 309 g/mol. The van der Waals surface area contributed by atoms with E-state index in [-0.39, 0.29) is 11.3 Å². The van der Waals surface area contributed by atoms with Gasteiger partial charge in [-0.1, -0.05) is 24.9 Å². The normalized spacial score (nSPS) is 17.8. The molecule has 21 heavy (non-hydrogen) atoms. The van der Waals surface area contributed by atoms with Crippen LogP contribution in [0, 0.1) is 0 Å². The van der Waals surface area contributed by atoms with Gasteiger partial charge in [-0.3, -0.25) is 0 Å². The summed E-state index contributed by atoms with van der Waals surface area (Å²) in [6, 6.07) is 2.87. The van der Waals surface area contributed by atoms with Crippen LogP contribution in [0.5, 0.6) is 5.75 Å². The number of alkyl halides is 3. The van der Waals surface area contributed by atoms with Crippen LogP contribution in [-0.2, 0) is 11.2 Å². The molecule has 1 aromatic rings. The number of carbonyl (C=O) groups is 1. The van der Waals surface area contributed by atoms with Gasteiger partial charge in [0.15, 0.2) is 0 Å². The topological polar surface area (TPSA) is 46.5 Å². The Hall–Kier alpha value is -1.69. The third-order valence-corrected chi connectivity index (χ3v) is 3.43. The summed E-state index contributed by atoms with van der Waals surface area (Å²) in [5.41, 5.74) is 0.0538. The average Bonchev–Trinajstić information content (AvgIpc) is 2.37. The Morgan fingerprint density at radius 2 is 2.10 bits per heavy atom. The quantitative estimate of drug-likeness (QED) is 0.912. The van der Waals surface area contributed by atoms with Crippen LogP contribution in [0.2, 0.25) is 5.02 Å². The van der Waals surface area contributed by atoms with E-state index in [4.69, 9.17) is 21.4 Å². The first-order valence-corrected chi connectivity index (χ1v) is 6.62. The van der Waals surface area contributed by atoms with E-state index in [0.717, 1.165) is 12.5 Å². The van der Waals surface area contributed by atoms with Crippen molar-refractivity contribution in [1.29, 1.82) is 0 Å². The maximum absolute atomic E-state index is 12.9. The van der Waals surface area contributed by atoms with Crippen molar-refractivity contribution in [2.45, 2.75) is 32.0 Å². The molecule has 0 fully saturated rings. The minimum Gasteiger partial charge on any atom is -0.478 e. The lowest BCUT2D eigenvalue weighted by Crippen LogP contribution is -2.40. The minimum absolute atomic E-state index is 0.00447. The van der Waals surface area contributed by atoms with E-state index in [1.807, 2.05) is 6.92 Å². The van der Waals surface area contributed by atoms with Gasteiger partial charge in [-0.25, -0.2) is 4.79 Å². The van der Waals surface area contributed by atoms with Crippen molar-refractivity contribution in [3.63, 3.8) is 0 Å². The summed E-state index contributed by atoms with van der Waals surface area (Å²) in [4.78, 5) is 11.0.